The maximum Gasteiger partial charge on any atom is 0.138 e. The van der Waals surface area contributed by atoms with Crippen LogP contribution < -0.4 is 10.1 Å². The smallest absolute Gasteiger partial charge is 0.138 e. The molecule has 0 fully saturated rings. The molecular weight excluding hydrogens is 321 g/mol. The molecule has 0 aliphatic heterocycles. The van der Waals surface area contributed by atoms with Crippen molar-refractivity contribution in [2.75, 3.05) is 13.2 Å². The molecule has 0 unspecified atom stereocenters. The van der Waals surface area contributed by atoms with E-state index in [2.05, 4.69) is 12.2 Å². The molecule has 0 aromatic heterocycles. The summed E-state index contributed by atoms with van der Waals surface area (Å²) in [6, 6.07) is 15.2. The molecule has 0 heterocycles. The molecule has 118 valence electrons. The maximum absolute atomic E-state index is 10.00. The lowest BCUT2D eigenvalue weighted by molar-refractivity contribution is 0.104. The van der Waals surface area contributed by atoms with Crippen LogP contribution in [0.25, 0.3) is 0 Å². The van der Waals surface area contributed by atoms with Crippen LogP contribution >= 0.6 is 23.2 Å². The van der Waals surface area contributed by atoms with E-state index < -0.39 is 6.10 Å². The number of ether oxygens (including phenoxy) is 1. The van der Waals surface area contributed by atoms with E-state index in [0.29, 0.717) is 22.3 Å². The molecule has 2 aromatic carbocycles. The third-order valence-corrected chi connectivity index (χ3v) is 3.81. The molecule has 3 nitrogen and oxygen atoms in total. The summed E-state index contributed by atoms with van der Waals surface area (Å²) < 4.78 is 5.51. The van der Waals surface area contributed by atoms with Crippen LogP contribution in [0.15, 0.2) is 48.5 Å². The molecule has 0 aliphatic rings. The highest BCUT2D eigenvalue weighted by Gasteiger charge is 2.10. The third kappa shape index (κ3) is 5.18. The normalized spacial score (nSPS) is 13.6. The predicted octanol–water partition coefficient (Wildman–Crippen LogP) is 4.08. The minimum atomic E-state index is -0.627. The molecule has 0 spiro atoms. The van der Waals surface area contributed by atoms with E-state index in [0.717, 1.165) is 0 Å². The van der Waals surface area contributed by atoms with Gasteiger partial charge in [0, 0.05) is 17.6 Å². The van der Waals surface area contributed by atoms with Crippen molar-refractivity contribution in [3.05, 3.63) is 64.1 Å². The minimum absolute atomic E-state index is 0.162. The summed E-state index contributed by atoms with van der Waals surface area (Å²) in [4.78, 5) is 0. The summed E-state index contributed by atoms with van der Waals surface area (Å²) in [6.45, 7) is 2.65. The minimum Gasteiger partial charge on any atom is -0.489 e. The zero-order valence-electron chi connectivity index (χ0n) is 12.3. The quantitative estimate of drug-likeness (QED) is 0.798. The van der Waals surface area contributed by atoms with Crippen molar-refractivity contribution in [2.45, 2.75) is 19.1 Å². The summed E-state index contributed by atoms with van der Waals surface area (Å²) in [5.41, 5.74) is 1.18. The molecule has 0 bridgehead atoms. The van der Waals surface area contributed by atoms with Crippen LogP contribution in [-0.4, -0.2) is 24.4 Å². The van der Waals surface area contributed by atoms with Crippen molar-refractivity contribution in [1.82, 2.24) is 5.32 Å². The van der Waals surface area contributed by atoms with Crippen molar-refractivity contribution in [1.29, 1.82) is 0 Å². The number of hydrogen-bond acceptors (Lipinski definition) is 3. The van der Waals surface area contributed by atoms with Gasteiger partial charge < -0.3 is 15.2 Å². The van der Waals surface area contributed by atoms with Gasteiger partial charge in [-0.2, -0.15) is 0 Å². The van der Waals surface area contributed by atoms with E-state index in [1.807, 2.05) is 30.3 Å². The van der Waals surface area contributed by atoms with Crippen LogP contribution in [0.1, 0.15) is 18.5 Å². The molecule has 0 saturated heterocycles. The highest BCUT2D eigenvalue weighted by molar-refractivity contribution is 6.35. The lowest BCUT2D eigenvalue weighted by Gasteiger charge is -2.18. The molecule has 0 radical (unpaired) electrons. The van der Waals surface area contributed by atoms with Crippen molar-refractivity contribution in [3.63, 3.8) is 0 Å². The molecule has 2 rings (SSSR count). The first-order chi connectivity index (χ1) is 10.6. The second-order valence-corrected chi connectivity index (χ2v) is 5.92. The topological polar surface area (TPSA) is 41.5 Å². The Balaban J connectivity index is 1.77. The van der Waals surface area contributed by atoms with Crippen molar-refractivity contribution in [2.24, 2.45) is 0 Å². The van der Waals surface area contributed by atoms with Crippen LogP contribution in [0.2, 0.25) is 10.0 Å². The number of rotatable bonds is 7. The Morgan fingerprint density at radius 1 is 1.14 bits per heavy atom. The van der Waals surface area contributed by atoms with Gasteiger partial charge in [-0.3, -0.25) is 0 Å². The van der Waals surface area contributed by atoms with Gasteiger partial charge in [-0.05, 0) is 30.7 Å². The second kappa shape index (κ2) is 8.39. The lowest BCUT2D eigenvalue weighted by atomic mass is 10.1. The van der Waals surface area contributed by atoms with Crippen LogP contribution in [0.5, 0.6) is 5.75 Å². The van der Waals surface area contributed by atoms with E-state index >= 15 is 0 Å². The number of aliphatic hydroxyl groups is 1. The van der Waals surface area contributed by atoms with Crippen LogP contribution in [0.3, 0.4) is 0 Å². The third-order valence-electron chi connectivity index (χ3n) is 3.28. The lowest BCUT2D eigenvalue weighted by Crippen LogP contribution is -2.33. The van der Waals surface area contributed by atoms with E-state index in [4.69, 9.17) is 27.9 Å². The highest BCUT2D eigenvalue weighted by atomic mass is 35.5. The van der Waals surface area contributed by atoms with Gasteiger partial charge in [0.1, 0.15) is 18.5 Å². The second-order valence-electron chi connectivity index (χ2n) is 5.08. The van der Waals surface area contributed by atoms with Gasteiger partial charge >= 0.3 is 0 Å². The van der Waals surface area contributed by atoms with Crippen molar-refractivity contribution < 1.29 is 9.84 Å². The van der Waals surface area contributed by atoms with Crippen molar-refractivity contribution >= 4 is 23.2 Å². The van der Waals surface area contributed by atoms with Gasteiger partial charge in [0.25, 0.3) is 0 Å². The summed E-state index contributed by atoms with van der Waals surface area (Å²) in [5, 5.41) is 14.3. The first kappa shape index (κ1) is 17.1. The Morgan fingerprint density at radius 2 is 1.86 bits per heavy atom. The molecule has 0 saturated carbocycles. The predicted molar refractivity (Wildman–Crippen MR) is 90.8 cm³/mol. The van der Waals surface area contributed by atoms with E-state index in [-0.39, 0.29) is 12.6 Å². The Labute approximate surface area is 140 Å². The first-order valence-corrected chi connectivity index (χ1v) is 7.86. The van der Waals surface area contributed by atoms with E-state index in [1.165, 1.54) is 5.56 Å². The SMILES string of the molecule is C[C@@H](NC[C@@H](O)COc1ccc(Cl)cc1Cl)c1ccccc1. The molecule has 2 aromatic rings. The summed E-state index contributed by atoms with van der Waals surface area (Å²) in [7, 11) is 0. The van der Waals surface area contributed by atoms with Gasteiger partial charge in [-0.25, -0.2) is 0 Å². The molecule has 5 heteroatoms. The Bertz CT molecular complexity index is 592. The fraction of sp³-hybridized carbons (Fsp3) is 0.294. The Morgan fingerprint density at radius 3 is 2.55 bits per heavy atom. The zero-order chi connectivity index (χ0) is 15.9. The average molecular weight is 340 g/mol. The van der Waals surface area contributed by atoms with Gasteiger partial charge in [0.2, 0.25) is 0 Å². The van der Waals surface area contributed by atoms with Crippen LogP contribution in [-0.2, 0) is 0 Å². The number of hydrogen-bond donors (Lipinski definition) is 2. The fourth-order valence-corrected chi connectivity index (χ4v) is 2.47. The number of aliphatic hydroxyl groups excluding tert-OH is 1. The molecule has 0 aliphatic carbocycles. The average Bonchev–Trinajstić information content (AvgIpc) is 2.52. The van der Waals surface area contributed by atoms with E-state index in [9.17, 15) is 5.11 Å². The standard InChI is InChI=1S/C17H19Cl2NO2/c1-12(13-5-3-2-4-6-13)20-10-15(21)11-22-17-8-7-14(18)9-16(17)19/h2-9,12,15,20-21H,10-11H2,1H3/t12-,15-/m1/s1. The van der Waals surface area contributed by atoms with Crippen LogP contribution in [0, 0.1) is 0 Å². The Hall–Kier alpha value is -1.26. The largest absolute Gasteiger partial charge is 0.489 e. The Kier molecular flexibility index (Phi) is 6.52. The maximum atomic E-state index is 10.00. The van der Waals surface area contributed by atoms with Gasteiger partial charge in [0.15, 0.2) is 0 Å². The van der Waals surface area contributed by atoms with E-state index in [1.54, 1.807) is 18.2 Å². The first-order valence-electron chi connectivity index (χ1n) is 7.10. The molecule has 22 heavy (non-hydrogen) atoms. The van der Waals surface area contributed by atoms with Crippen LogP contribution in [0.4, 0.5) is 0 Å². The molecule has 2 atom stereocenters. The molecular formula is C17H19Cl2NO2. The number of benzene rings is 2. The summed E-state index contributed by atoms with van der Waals surface area (Å²) in [6.07, 6.45) is -0.627. The number of halogens is 2. The highest BCUT2D eigenvalue weighted by Crippen LogP contribution is 2.27. The number of nitrogens with one attached hydrogen (secondary N) is 1. The summed E-state index contributed by atoms with van der Waals surface area (Å²) >= 11 is 11.8. The monoisotopic (exact) mass is 339 g/mol. The molecule has 2 N–H and O–H groups in total. The fourth-order valence-electron chi connectivity index (χ4n) is 2.01. The van der Waals surface area contributed by atoms with Crippen molar-refractivity contribution in [3.8, 4) is 5.75 Å². The summed E-state index contributed by atoms with van der Waals surface area (Å²) in [5.74, 6) is 0.515. The zero-order valence-corrected chi connectivity index (χ0v) is 13.8. The van der Waals surface area contributed by atoms with Gasteiger partial charge in [-0.15, -0.1) is 0 Å². The van der Waals surface area contributed by atoms with Gasteiger partial charge in [-0.1, -0.05) is 53.5 Å². The van der Waals surface area contributed by atoms with Gasteiger partial charge in [0.05, 0.1) is 5.02 Å². The molecule has 0 amide bonds.